The molecule has 1 amide bonds. The van der Waals surface area contributed by atoms with Crippen molar-refractivity contribution in [2.24, 2.45) is 0 Å². The summed E-state index contributed by atoms with van der Waals surface area (Å²) < 4.78 is 13.1. The van der Waals surface area contributed by atoms with Crippen LogP contribution in [-0.2, 0) is 9.47 Å². The van der Waals surface area contributed by atoms with E-state index in [1.54, 1.807) is 29.1 Å². The van der Waals surface area contributed by atoms with E-state index in [1.165, 1.54) is 0 Å². The zero-order chi connectivity index (χ0) is 15.0. The molecule has 1 spiro atoms. The van der Waals surface area contributed by atoms with Crippen molar-refractivity contribution < 1.29 is 14.3 Å². The van der Waals surface area contributed by atoms with E-state index in [9.17, 15) is 4.79 Å². The van der Waals surface area contributed by atoms with Gasteiger partial charge in [0.1, 0.15) is 6.33 Å². The van der Waals surface area contributed by atoms with E-state index in [0.29, 0.717) is 25.4 Å². The zero-order valence-corrected chi connectivity index (χ0v) is 12.2. The number of nitrogens with one attached hydrogen (secondary N) is 1. The van der Waals surface area contributed by atoms with Crippen LogP contribution in [0.4, 0.5) is 0 Å². The summed E-state index contributed by atoms with van der Waals surface area (Å²) in [5.41, 5.74) is 1.07. The highest BCUT2D eigenvalue weighted by molar-refractivity contribution is 5.94. The molecule has 2 aromatic heterocycles. The average Bonchev–Trinajstić information content (AvgIpc) is 3.15. The normalized spacial score (nSPS) is 23.9. The van der Waals surface area contributed by atoms with Crippen LogP contribution in [0.3, 0.4) is 0 Å². The topological polar surface area (TPSA) is 77.8 Å². The number of carbonyl (C=O) groups is 1. The Bertz CT molecular complexity index is 693. The monoisotopic (exact) mass is 302 g/mol. The van der Waals surface area contributed by atoms with E-state index in [0.717, 1.165) is 24.9 Å². The number of amides is 1. The second-order valence-corrected chi connectivity index (χ2v) is 5.85. The van der Waals surface area contributed by atoms with Gasteiger partial charge in [0.25, 0.3) is 5.91 Å². The van der Waals surface area contributed by atoms with Gasteiger partial charge in [-0.15, -0.1) is 10.2 Å². The van der Waals surface area contributed by atoms with Crippen molar-refractivity contribution in [2.45, 2.75) is 30.9 Å². The molecule has 2 aromatic rings. The van der Waals surface area contributed by atoms with Crippen molar-refractivity contribution in [1.29, 1.82) is 0 Å². The Morgan fingerprint density at radius 3 is 3.05 bits per heavy atom. The Hall–Kier alpha value is -1.99. The number of ether oxygens (including phenoxy) is 2. The number of hydrogen-bond acceptors (Lipinski definition) is 5. The van der Waals surface area contributed by atoms with E-state index < -0.39 is 0 Å². The lowest BCUT2D eigenvalue weighted by molar-refractivity contribution is -0.0872. The van der Waals surface area contributed by atoms with E-state index in [4.69, 9.17) is 9.47 Å². The van der Waals surface area contributed by atoms with Gasteiger partial charge in [0, 0.05) is 38.9 Å². The van der Waals surface area contributed by atoms with E-state index >= 15 is 0 Å². The van der Waals surface area contributed by atoms with Crippen molar-refractivity contribution >= 4 is 11.6 Å². The first kappa shape index (κ1) is 13.7. The number of carbonyl (C=O) groups excluding carboxylic acids is 1. The lowest BCUT2D eigenvalue weighted by Gasteiger charge is -2.37. The summed E-state index contributed by atoms with van der Waals surface area (Å²) in [5.74, 6) is -0.0861. The quantitative estimate of drug-likeness (QED) is 0.887. The van der Waals surface area contributed by atoms with Crippen LogP contribution in [0, 0.1) is 0 Å². The molecule has 7 heteroatoms. The fourth-order valence-corrected chi connectivity index (χ4v) is 3.36. The largest absolute Gasteiger partial charge is 0.381 e. The highest BCUT2D eigenvalue weighted by Gasteiger charge is 2.46. The molecule has 2 fully saturated rings. The van der Waals surface area contributed by atoms with Crippen LogP contribution in [0.2, 0.25) is 0 Å². The molecule has 0 radical (unpaired) electrons. The minimum atomic E-state index is -0.255. The first-order chi connectivity index (χ1) is 10.8. The summed E-state index contributed by atoms with van der Waals surface area (Å²) in [6, 6.07) is 3.60. The Balaban J connectivity index is 1.53. The SMILES string of the molecule is O=C(NC1CCOC12CCOCC2)c1ccc2nncn2c1. The number of nitrogens with zero attached hydrogens (tertiary/aromatic N) is 3. The molecule has 0 saturated carbocycles. The maximum absolute atomic E-state index is 12.5. The van der Waals surface area contributed by atoms with E-state index in [-0.39, 0.29) is 17.6 Å². The highest BCUT2D eigenvalue weighted by Crippen LogP contribution is 2.35. The summed E-state index contributed by atoms with van der Waals surface area (Å²) in [6.45, 7) is 2.08. The minimum Gasteiger partial charge on any atom is -0.381 e. The van der Waals surface area contributed by atoms with Gasteiger partial charge in [-0.1, -0.05) is 0 Å². The van der Waals surface area contributed by atoms with Crippen molar-refractivity contribution in [2.75, 3.05) is 19.8 Å². The summed E-state index contributed by atoms with van der Waals surface area (Å²) >= 11 is 0. The Labute approximate surface area is 127 Å². The maximum atomic E-state index is 12.5. The Morgan fingerprint density at radius 2 is 2.18 bits per heavy atom. The van der Waals surface area contributed by atoms with Crippen LogP contribution in [-0.4, -0.2) is 52.0 Å². The van der Waals surface area contributed by atoms with Gasteiger partial charge in [0.2, 0.25) is 0 Å². The predicted octanol–water partition coefficient (Wildman–Crippen LogP) is 0.797. The molecule has 1 unspecified atom stereocenters. The van der Waals surface area contributed by atoms with Gasteiger partial charge in [-0.3, -0.25) is 9.20 Å². The Kier molecular flexibility index (Phi) is 3.31. The molecule has 4 heterocycles. The third-order valence-corrected chi connectivity index (χ3v) is 4.63. The fraction of sp³-hybridized carbons (Fsp3) is 0.533. The second kappa shape index (κ2) is 5.33. The Morgan fingerprint density at radius 1 is 1.32 bits per heavy atom. The first-order valence-corrected chi connectivity index (χ1v) is 7.59. The fourth-order valence-electron chi connectivity index (χ4n) is 3.36. The van der Waals surface area contributed by atoms with Crippen LogP contribution in [0.25, 0.3) is 5.65 Å². The molecule has 7 nitrogen and oxygen atoms in total. The second-order valence-electron chi connectivity index (χ2n) is 5.85. The number of fused-ring (bicyclic) bond motifs is 1. The van der Waals surface area contributed by atoms with Crippen LogP contribution in [0.1, 0.15) is 29.6 Å². The van der Waals surface area contributed by atoms with Gasteiger partial charge in [0.05, 0.1) is 17.2 Å². The molecule has 116 valence electrons. The molecule has 2 saturated heterocycles. The van der Waals surface area contributed by atoms with Crippen LogP contribution >= 0.6 is 0 Å². The van der Waals surface area contributed by atoms with Crippen molar-refractivity contribution in [1.82, 2.24) is 19.9 Å². The molecule has 22 heavy (non-hydrogen) atoms. The smallest absolute Gasteiger partial charge is 0.253 e. The average molecular weight is 302 g/mol. The minimum absolute atomic E-state index is 0.0421. The van der Waals surface area contributed by atoms with Gasteiger partial charge >= 0.3 is 0 Å². The third-order valence-electron chi connectivity index (χ3n) is 4.63. The molecule has 0 bridgehead atoms. The lowest BCUT2D eigenvalue weighted by atomic mass is 9.86. The van der Waals surface area contributed by atoms with Crippen molar-refractivity contribution in [3.8, 4) is 0 Å². The van der Waals surface area contributed by atoms with Crippen LogP contribution in [0.5, 0.6) is 0 Å². The van der Waals surface area contributed by atoms with Gasteiger partial charge in [0.15, 0.2) is 5.65 Å². The summed E-state index contributed by atoms with van der Waals surface area (Å²) in [7, 11) is 0. The molecule has 0 aromatic carbocycles. The van der Waals surface area contributed by atoms with Crippen LogP contribution in [0.15, 0.2) is 24.7 Å². The molecule has 2 aliphatic rings. The molecule has 1 atom stereocenters. The molecular weight excluding hydrogens is 284 g/mol. The summed E-state index contributed by atoms with van der Waals surface area (Å²) in [6.07, 6.45) is 5.85. The molecule has 4 rings (SSSR count). The van der Waals surface area contributed by atoms with Gasteiger partial charge in [-0.2, -0.15) is 0 Å². The number of pyridine rings is 1. The predicted molar refractivity (Wildman–Crippen MR) is 77.6 cm³/mol. The maximum Gasteiger partial charge on any atom is 0.253 e. The third kappa shape index (κ3) is 2.26. The highest BCUT2D eigenvalue weighted by atomic mass is 16.5. The molecular formula is C15H18N4O3. The standard InChI is InChI=1S/C15H18N4O3/c20-14(11-1-2-13-18-16-10-19(13)9-11)17-12-3-6-22-15(12)4-7-21-8-5-15/h1-2,9-10,12H,3-8H2,(H,17,20). The number of hydrogen-bond donors (Lipinski definition) is 1. The lowest BCUT2D eigenvalue weighted by Crippen LogP contribution is -2.52. The van der Waals surface area contributed by atoms with E-state index in [1.807, 2.05) is 0 Å². The van der Waals surface area contributed by atoms with Crippen LogP contribution < -0.4 is 5.32 Å². The van der Waals surface area contributed by atoms with Gasteiger partial charge in [-0.05, 0) is 18.6 Å². The zero-order valence-electron chi connectivity index (χ0n) is 12.2. The molecule has 2 aliphatic heterocycles. The van der Waals surface area contributed by atoms with Crippen molar-refractivity contribution in [3.63, 3.8) is 0 Å². The molecule has 1 N–H and O–H groups in total. The van der Waals surface area contributed by atoms with Crippen molar-refractivity contribution in [3.05, 3.63) is 30.2 Å². The van der Waals surface area contributed by atoms with Gasteiger partial charge in [-0.25, -0.2) is 0 Å². The summed E-state index contributed by atoms with van der Waals surface area (Å²) in [5, 5.41) is 10.9. The molecule has 0 aliphatic carbocycles. The first-order valence-electron chi connectivity index (χ1n) is 7.59. The number of rotatable bonds is 2. The van der Waals surface area contributed by atoms with Gasteiger partial charge < -0.3 is 14.8 Å². The summed E-state index contributed by atoms with van der Waals surface area (Å²) in [4.78, 5) is 12.5. The number of aromatic nitrogens is 3. The van der Waals surface area contributed by atoms with E-state index in [2.05, 4.69) is 15.5 Å².